The summed E-state index contributed by atoms with van der Waals surface area (Å²) in [5.41, 5.74) is 0.286. The predicted octanol–water partition coefficient (Wildman–Crippen LogP) is 2.34. The molecule has 4 heteroatoms. The summed E-state index contributed by atoms with van der Waals surface area (Å²) in [5.74, 6) is 0.585. The molecule has 17 heavy (non-hydrogen) atoms. The Kier molecular flexibility index (Phi) is 2.79. The minimum atomic E-state index is -0.673. The van der Waals surface area contributed by atoms with Crippen LogP contribution < -0.4 is 4.74 Å². The highest BCUT2D eigenvalue weighted by molar-refractivity contribution is 8.00. The van der Waals surface area contributed by atoms with Gasteiger partial charge in [0.25, 0.3) is 0 Å². The molecule has 0 aromatic carbocycles. The first-order valence-electron chi connectivity index (χ1n) is 6.08. The summed E-state index contributed by atoms with van der Waals surface area (Å²) in [6.07, 6.45) is 5.94. The second-order valence-electron chi connectivity index (χ2n) is 4.98. The molecule has 1 N–H and O–H groups in total. The van der Waals surface area contributed by atoms with Gasteiger partial charge in [-0.1, -0.05) is 0 Å². The summed E-state index contributed by atoms with van der Waals surface area (Å²) in [6, 6.07) is 3.79. The first kappa shape index (κ1) is 11.4. The fourth-order valence-corrected chi connectivity index (χ4v) is 4.80. The van der Waals surface area contributed by atoms with Crippen molar-refractivity contribution in [1.82, 2.24) is 4.98 Å². The Morgan fingerprint density at radius 3 is 2.76 bits per heavy atom. The lowest BCUT2D eigenvalue weighted by Gasteiger charge is -2.36. The van der Waals surface area contributed by atoms with E-state index in [1.807, 2.05) is 12.1 Å². The van der Waals surface area contributed by atoms with Gasteiger partial charge < -0.3 is 9.84 Å². The first-order chi connectivity index (χ1) is 8.19. The fourth-order valence-electron chi connectivity index (χ4n) is 2.96. The van der Waals surface area contributed by atoms with E-state index in [1.54, 1.807) is 13.3 Å². The zero-order valence-electron chi connectivity index (χ0n) is 9.93. The molecule has 2 bridgehead atoms. The molecule has 0 saturated carbocycles. The lowest BCUT2D eigenvalue weighted by molar-refractivity contribution is 0.0193. The minimum absolute atomic E-state index is 0.585. The summed E-state index contributed by atoms with van der Waals surface area (Å²) in [6.45, 7) is 0. The highest BCUT2D eigenvalue weighted by atomic mass is 32.2. The van der Waals surface area contributed by atoms with Crippen LogP contribution in [0.3, 0.4) is 0 Å². The first-order valence-corrected chi connectivity index (χ1v) is 7.02. The highest BCUT2D eigenvalue weighted by Crippen LogP contribution is 2.51. The zero-order chi connectivity index (χ0) is 11.9. The van der Waals surface area contributed by atoms with Gasteiger partial charge in [-0.25, -0.2) is 4.98 Å². The van der Waals surface area contributed by atoms with Gasteiger partial charge in [-0.2, -0.15) is 11.8 Å². The van der Waals surface area contributed by atoms with Crippen LogP contribution in [0.25, 0.3) is 0 Å². The van der Waals surface area contributed by atoms with Crippen molar-refractivity contribution in [2.24, 2.45) is 0 Å². The number of rotatable bonds is 2. The lowest BCUT2D eigenvalue weighted by atomic mass is 9.86. The molecular weight excluding hydrogens is 234 g/mol. The Bertz CT molecular complexity index is 412. The van der Waals surface area contributed by atoms with E-state index in [1.165, 1.54) is 12.8 Å². The largest absolute Gasteiger partial charge is 0.481 e. The Labute approximate surface area is 106 Å². The maximum Gasteiger partial charge on any atom is 0.213 e. The molecule has 0 amide bonds. The Balaban J connectivity index is 1.91. The molecule has 2 aliphatic rings. The molecule has 1 aromatic rings. The van der Waals surface area contributed by atoms with Crippen LogP contribution in [0.15, 0.2) is 18.3 Å². The molecule has 0 spiro atoms. The topological polar surface area (TPSA) is 42.4 Å². The summed E-state index contributed by atoms with van der Waals surface area (Å²) in [7, 11) is 1.61. The van der Waals surface area contributed by atoms with Crippen molar-refractivity contribution in [1.29, 1.82) is 0 Å². The molecule has 0 radical (unpaired) electrons. The van der Waals surface area contributed by atoms with E-state index in [9.17, 15) is 5.11 Å². The van der Waals surface area contributed by atoms with Gasteiger partial charge in [0.15, 0.2) is 0 Å². The van der Waals surface area contributed by atoms with Crippen molar-refractivity contribution in [3.05, 3.63) is 23.9 Å². The van der Waals surface area contributed by atoms with E-state index in [0.717, 1.165) is 18.4 Å². The third kappa shape index (κ3) is 2.04. The predicted molar refractivity (Wildman–Crippen MR) is 68.3 cm³/mol. The number of fused-ring (bicyclic) bond motifs is 2. The van der Waals surface area contributed by atoms with Crippen molar-refractivity contribution < 1.29 is 9.84 Å². The van der Waals surface area contributed by atoms with E-state index in [-0.39, 0.29) is 0 Å². The molecule has 3 heterocycles. The third-order valence-electron chi connectivity index (χ3n) is 3.81. The SMILES string of the molecule is COc1cc(C2(O)CC3CCC(C2)S3)ccn1. The maximum atomic E-state index is 10.8. The Hall–Kier alpha value is -0.740. The average Bonchev–Trinajstić information content (AvgIpc) is 2.69. The van der Waals surface area contributed by atoms with Crippen LogP contribution in [-0.2, 0) is 5.60 Å². The van der Waals surface area contributed by atoms with Crippen LogP contribution in [0.2, 0.25) is 0 Å². The zero-order valence-corrected chi connectivity index (χ0v) is 10.7. The number of nitrogens with zero attached hydrogens (tertiary/aromatic N) is 1. The number of methoxy groups -OCH3 is 1. The summed E-state index contributed by atoms with van der Waals surface area (Å²) >= 11 is 2.05. The van der Waals surface area contributed by atoms with Crippen molar-refractivity contribution in [3.63, 3.8) is 0 Å². The van der Waals surface area contributed by atoms with E-state index >= 15 is 0 Å². The van der Waals surface area contributed by atoms with Gasteiger partial charge in [0.1, 0.15) is 0 Å². The molecule has 1 aromatic heterocycles. The van der Waals surface area contributed by atoms with E-state index in [0.29, 0.717) is 16.4 Å². The van der Waals surface area contributed by atoms with Crippen LogP contribution in [0.4, 0.5) is 0 Å². The molecule has 2 fully saturated rings. The summed E-state index contributed by atoms with van der Waals surface area (Å²) in [5, 5.41) is 12.1. The highest BCUT2D eigenvalue weighted by Gasteiger charge is 2.44. The van der Waals surface area contributed by atoms with E-state index < -0.39 is 5.60 Å². The lowest BCUT2D eigenvalue weighted by Crippen LogP contribution is -2.34. The Morgan fingerprint density at radius 1 is 1.41 bits per heavy atom. The number of aliphatic hydroxyl groups is 1. The smallest absolute Gasteiger partial charge is 0.213 e. The van der Waals surface area contributed by atoms with Gasteiger partial charge in [-0.15, -0.1) is 0 Å². The second-order valence-corrected chi connectivity index (χ2v) is 6.59. The molecule has 92 valence electrons. The van der Waals surface area contributed by atoms with Crippen LogP contribution in [-0.4, -0.2) is 27.7 Å². The maximum absolute atomic E-state index is 10.8. The van der Waals surface area contributed by atoms with Gasteiger partial charge in [-0.3, -0.25) is 0 Å². The molecule has 0 aliphatic carbocycles. The molecule has 3 rings (SSSR count). The molecular formula is C13H17NO2S. The van der Waals surface area contributed by atoms with Crippen molar-refractivity contribution in [2.45, 2.75) is 41.8 Å². The van der Waals surface area contributed by atoms with Crippen LogP contribution in [0.1, 0.15) is 31.2 Å². The number of thioether (sulfide) groups is 1. The van der Waals surface area contributed by atoms with Gasteiger partial charge in [-0.05, 0) is 37.3 Å². The van der Waals surface area contributed by atoms with Gasteiger partial charge in [0.05, 0.1) is 12.7 Å². The molecule has 2 aliphatic heterocycles. The van der Waals surface area contributed by atoms with Gasteiger partial charge in [0.2, 0.25) is 5.88 Å². The third-order valence-corrected chi connectivity index (χ3v) is 5.38. The number of hydrogen-bond donors (Lipinski definition) is 1. The number of aromatic nitrogens is 1. The number of hydrogen-bond acceptors (Lipinski definition) is 4. The number of ether oxygens (including phenoxy) is 1. The molecule has 2 atom stereocenters. The quantitative estimate of drug-likeness (QED) is 0.876. The number of pyridine rings is 1. The van der Waals surface area contributed by atoms with Crippen molar-refractivity contribution in [3.8, 4) is 5.88 Å². The normalized spacial score (nSPS) is 35.9. The Morgan fingerprint density at radius 2 is 2.12 bits per heavy atom. The van der Waals surface area contributed by atoms with Crippen molar-refractivity contribution in [2.75, 3.05) is 7.11 Å². The van der Waals surface area contributed by atoms with E-state index in [4.69, 9.17) is 4.74 Å². The van der Waals surface area contributed by atoms with Crippen molar-refractivity contribution >= 4 is 11.8 Å². The molecule has 3 nitrogen and oxygen atoms in total. The van der Waals surface area contributed by atoms with Gasteiger partial charge in [0, 0.05) is 22.8 Å². The summed E-state index contributed by atoms with van der Waals surface area (Å²) < 4.78 is 5.13. The average molecular weight is 251 g/mol. The summed E-state index contributed by atoms with van der Waals surface area (Å²) in [4.78, 5) is 4.10. The monoisotopic (exact) mass is 251 g/mol. The minimum Gasteiger partial charge on any atom is -0.481 e. The second kappa shape index (κ2) is 4.18. The fraction of sp³-hybridized carbons (Fsp3) is 0.615. The van der Waals surface area contributed by atoms with Crippen LogP contribution in [0.5, 0.6) is 5.88 Å². The van der Waals surface area contributed by atoms with E-state index in [2.05, 4.69) is 16.7 Å². The van der Waals surface area contributed by atoms with Gasteiger partial charge >= 0.3 is 0 Å². The molecule has 2 saturated heterocycles. The van der Waals surface area contributed by atoms with Crippen LogP contribution >= 0.6 is 11.8 Å². The standard InChI is InChI=1S/C13H17NO2S/c1-16-12-6-9(4-5-14-12)13(15)7-10-2-3-11(8-13)17-10/h4-6,10-11,15H,2-3,7-8H2,1H3. The molecule has 2 unspecified atom stereocenters. The van der Waals surface area contributed by atoms with Crippen LogP contribution in [0, 0.1) is 0 Å².